The van der Waals surface area contributed by atoms with Gasteiger partial charge in [0.05, 0.1) is 11.3 Å². The van der Waals surface area contributed by atoms with E-state index in [1.807, 2.05) is 37.4 Å². The molecule has 0 fully saturated rings. The zero-order chi connectivity index (χ0) is 13.3. The molecule has 18 heavy (non-hydrogen) atoms. The Hall–Kier alpha value is -1.81. The first kappa shape index (κ1) is 12.6. The molecular formula is C14H19N3O. The van der Waals surface area contributed by atoms with Crippen LogP contribution in [0.3, 0.4) is 0 Å². The van der Waals surface area contributed by atoms with E-state index in [0.717, 1.165) is 16.8 Å². The molecule has 2 rings (SSSR count). The summed E-state index contributed by atoms with van der Waals surface area (Å²) >= 11 is 0. The van der Waals surface area contributed by atoms with Crippen molar-refractivity contribution in [2.75, 3.05) is 5.73 Å². The van der Waals surface area contributed by atoms with Crippen molar-refractivity contribution in [3.63, 3.8) is 0 Å². The zero-order valence-corrected chi connectivity index (χ0v) is 11.0. The fraction of sp³-hybridized carbons (Fsp3) is 0.357. The molecule has 0 atom stereocenters. The SMILES string of the molecule is Cn1nc(-c2ccccc2CC(C)(C)O)cc1N. The summed E-state index contributed by atoms with van der Waals surface area (Å²) in [5, 5.41) is 14.3. The van der Waals surface area contributed by atoms with Crippen LogP contribution in [0.1, 0.15) is 19.4 Å². The van der Waals surface area contributed by atoms with Crippen molar-refractivity contribution in [1.29, 1.82) is 0 Å². The Bertz CT molecular complexity index is 533. The Morgan fingerprint density at radius 3 is 2.56 bits per heavy atom. The summed E-state index contributed by atoms with van der Waals surface area (Å²) in [5.41, 5.74) is 8.00. The van der Waals surface area contributed by atoms with Crippen LogP contribution in [0.2, 0.25) is 0 Å². The first-order valence-corrected chi connectivity index (χ1v) is 5.97. The highest BCUT2D eigenvalue weighted by atomic mass is 16.3. The molecule has 0 amide bonds. The maximum Gasteiger partial charge on any atom is 0.121 e. The van der Waals surface area contributed by atoms with E-state index >= 15 is 0 Å². The minimum Gasteiger partial charge on any atom is -0.390 e. The van der Waals surface area contributed by atoms with Gasteiger partial charge in [0.15, 0.2) is 0 Å². The standard InChI is InChI=1S/C14H19N3O/c1-14(2,18)9-10-6-4-5-7-11(10)12-8-13(15)17(3)16-12/h4-8,18H,9,15H2,1-3H3. The third-order valence-electron chi connectivity index (χ3n) is 2.83. The predicted octanol–water partition coefficient (Wildman–Crippen LogP) is 1.98. The number of nitrogen functional groups attached to an aromatic ring is 1. The molecule has 3 N–H and O–H groups in total. The van der Waals surface area contributed by atoms with E-state index in [9.17, 15) is 5.11 Å². The van der Waals surface area contributed by atoms with Crippen molar-refractivity contribution in [2.45, 2.75) is 25.9 Å². The molecule has 0 aliphatic rings. The summed E-state index contributed by atoms with van der Waals surface area (Å²) in [6.45, 7) is 3.60. The van der Waals surface area contributed by atoms with E-state index in [0.29, 0.717) is 12.2 Å². The Kier molecular flexibility index (Phi) is 3.13. The number of anilines is 1. The van der Waals surface area contributed by atoms with Gasteiger partial charge in [-0.15, -0.1) is 0 Å². The third-order valence-corrected chi connectivity index (χ3v) is 2.83. The number of rotatable bonds is 3. The largest absolute Gasteiger partial charge is 0.390 e. The molecule has 1 aromatic heterocycles. The van der Waals surface area contributed by atoms with Gasteiger partial charge in [0.1, 0.15) is 5.82 Å². The fourth-order valence-corrected chi connectivity index (χ4v) is 2.00. The molecule has 1 heterocycles. The molecule has 0 saturated carbocycles. The fourth-order valence-electron chi connectivity index (χ4n) is 2.00. The lowest BCUT2D eigenvalue weighted by Crippen LogP contribution is -2.22. The van der Waals surface area contributed by atoms with Crippen LogP contribution >= 0.6 is 0 Å². The smallest absolute Gasteiger partial charge is 0.121 e. The van der Waals surface area contributed by atoms with E-state index in [-0.39, 0.29) is 0 Å². The van der Waals surface area contributed by atoms with Gasteiger partial charge >= 0.3 is 0 Å². The Morgan fingerprint density at radius 2 is 2.00 bits per heavy atom. The summed E-state index contributed by atoms with van der Waals surface area (Å²) < 4.78 is 1.65. The van der Waals surface area contributed by atoms with Gasteiger partial charge in [-0.2, -0.15) is 5.10 Å². The topological polar surface area (TPSA) is 64.1 Å². The van der Waals surface area contributed by atoms with Crippen LogP contribution in [0, 0.1) is 0 Å². The molecule has 4 nitrogen and oxygen atoms in total. The predicted molar refractivity (Wildman–Crippen MR) is 73.1 cm³/mol. The average Bonchev–Trinajstić information content (AvgIpc) is 2.57. The quantitative estimate of drug-likeness (QED) is 0.869. The van der Waals surface area contributed by atoms with Crippen molar-refractivity contribution < 1.29 is 5.11 Å². The summed E-state index contributed by atoms with van der Waals surface area (Å²) in [6.07, 6.45) is 0.583. The second-order valence-electron chi connectivity index (χ2n) is 5.22. The molecule has 0 unspecified atom stereocenters. The van der Waals surface area contributed by atoms with Gasteiger partial charge in [0.25, 0.3) is 0 Å². The molecule has 0 aliphatic carbocycles. The molecule has 4 heteroatoms. The lowest BCUT2D eigenvalue weighted by atomic mass is 9.93. The van der Waals surface area contributed by atoms with E-state index in [1.54, 1.807) is 18.5 Å². The van der Waals surface area contributed by atoms with E-state index < -0.39 is 5.60 Å². The molecule has 0 radical (unpaired) electrons. The lowest BCUT2D eigenvalue weighted by molar-refractivity contribution is 0.0811. The molecule has 96 valence electrons. The Labute approximate surface area is 107 Å². The molecule has 0 saturated heterocycles. The summed E-state index contributed by atoms with van der Waals surface area (Å²) in [6, 6.07) is 9.80. The van der Waals surface area contributed by atoms with Crippen molar-refractivity contribution in [3.8, 4) is 11.3 Å². The van der Waals surface area contributed by atoms with Crippen molar-refractivity contribution in [3.05, 3.63) is 35.9 Å². The van der Waals surface area contributed by atoms with Gasteiger partial charge in [0.2, 0.25) is 0 Å². The molecular weight excluding hydrogens is 226 g/mol. The maximum atomic E-state index is 9.95. The number of aliphatic hydroxyl groups is 1. The van der Waals surface area contributed by atoms with E-state index in [1.165, 1.54) is 0 Å². The Balaban J connectivity index is 2.44. The first-order valence-electron chi connectivity index (χ1n) is 5.97. The summed E-state index contributed by atoms with van der Waals surface area (Å²) in [5.74, 6) is 0.628. The van der Waals surface area contributed by atoms with Crippen molar-refractivity contribution in [2.24, 2.45) is 7.05 Å². The van der Waals surface area contributed by atoms with Gasteiger partial charge in [0, 0.05) is 25.1 Å². The number of nitrogens with zero attached hydrogens (tertiary/aromatic N) is 2. The molecule has 1 aromatic carbocycles. The third kappa shape index (κ3) is 2.71. The van der Waals surface area contributed by atoms with Crippen LogP contribution in [0.4, 0.5) is 5.82 Å². The number of nitrogens with two attached hydrogens (primary N) is 1. The van der Waals surface area contributed by atoms with Gasteiger partial charge in [-0.05, 0) is 19.4 Å². The lowest BCUT2D eigenvalue weighted by Gasteiger charge is -2.18. The minimum absolute atomic E-state index is 0.583. The van der Waals surface area contributed by atoms with Gasteiger partial charge < -0.3 is 10.8 Å². The summed E-state index contributed by atoms with van der Waals surface area (Å²) in [4.78, 5) is 0. The minimum atomic E-state index is -0.740. The highest BCUT2D eigenvalue weighted by Gasteiger charge is 2.17. The van der Waals surface area contributed by atoms with Crippen LogP contribution in [-0.2, 0) is 13.5 Å². The number of hydrogen-bond acceptors (Lipinski definition) is 3. The van der Waals surface area contributed by atoms with Gasteiger partial charge in [-0.3, -0.25) is 4.68 Å². The van der Waals surface area contributed by atoms with Gasteiger partial charge in [-0.25, -0.2) is 0 Å². The van der Waals surface area contributed by atoms with Crippen LogP contribution in [0.15, 0.2) is 30.3 Å². The van der Waals surface area contributed by atoms with E-state index in [2.05, 4.69) is 5.10 Å². The molecule has 2 aromatic rings. The second-order valence-corrected chi connectivity index (χ2v) is 5.22. The van der Waals surface area contributed by atoms with Gasteiger partial charge in [-0.1, -0.05) is 24.3 Å². The van der Waals surface area contributed by atoms with Crippen molar-refractivity contribution >= 4 is 5.82 Å². The van der Waals surface area contributed by atoms with Crippen LogP contribution in [0.25, 0.3) is 11.3 Å². The normalized spacial score (nSPS) is 11.8. The summed E-state index contributed by atoms with van der Waals surface area (Å²) in [7, 11) is 1.82. The van der Waals surface area contributed by atoms with Crippen molar-refractivity contribution in [1.82, 2.24) is 9.78 Å². The Morgan fingerprint density at radius 1 is 1.33 bits per heavy atom. The highest BCUT2D eigenvalue weighted by Crippen LogP contribution is 2.26. The van der Waals surface area contributed by atoms with E-state index in [4.69, 9.17) is 5.73 Å². The van der Waals surface area contributed by atoms with Crippen LogP contribution in [-0.4, -0.2) is 20.5 Å². The number of aryl methyl sites for hydroxylation is 1. The van der Waals surface area contributed by atoms with Crippen LogP contribution in [0.5, 0.6) is 0 Å². The maximum absolute atomic E-state index is 9.95. The molecule has 0 spiro atoms. The first-order chi connectivity index (χ1) is 8.37. The molecule has 0 bridgehead atoms. The second kappa shape index (κ2) is 4.46. The average molecular weight is 245 g/mol. The highest BCUT2D eigenvalue weighted by molar-refractivity contribution is 5.66. The monoisotopic (exact) mass is 245 g/mol. The number of benzene rings is 1. The zero-order valence-electron chi connectivity index (χ0n) is 11.0. The molecule has 0 aliphatic heterocycles. The number of hydrogen-bond donors (Lipinski definition) is 2. The van der Waals surface area contributed by atoms with Crippen LogP contribution < -0.4 is 5.73 Å². The number of aromatic nitrogens is 2.